The molecule has 5 nitrogen and oxygen atoms in total. The zero-order valence-corrected chi connectivity index (χ0v) is 17.3. The summed E-state index contributed by atoms with van der Waals surface area (Å²) in [5.74, 6) is 1.20. The number of rotatable bonds is 10. The number of carbonyl (C=O) groups is 1. The molecule has 0 saturated carbocycles. The van der Waals surface area contributed by atoms with Crippen molar-refractivity contribution in [2.24, 2.45) is 0 Å². The van der Waals surface area contributed by atoms with E-state index < -0.39 is 5.97 Å². The van der Waals surface area contributed by atoms with Crippen LogP contribution in [0, 0.1) is 0 Å². The molecule has 0 bridgehead atoms. The predicted molar refractivity (Wildman–Crippen MR) is 112 cm³/mol. The lowest BCUT2D eigenvalue weighted by atomic mass is 9.78. The first-order valence-corrected chi connectivity index (χ1v) is 9.77. The largest absolute Gasteiger partial charge is 0.491 e. The first-order valence-electron chi connectivity index (χ1n) is 9.77. The van der Waals surface area contributed by atoms with Crippen molar-refractivity contribution in [1.29, 1.82) is 0 Å². The van der Waals surface area contributed by atoms with Crippen molar-refractivity contribution in [2.45, 2.75) is 32.3 Å². The van der Waals surface area contributed by atoms with Gasteiger partial charge in [-0.3, -0.25) is 0 Å². The number of benzene rings is 2. The van der Waals surface area contributed by atoms with Crippen LogP contribution < -0.4 is 9.47 Å². The molecular formula is C24H28O5. The van der Waals surface area contributed by atoms with Crippen LogP contribution in [0.3, 0.4) is 0 Å². The van der Waals surface area contributed by atoms with Gasteiger partial charge in [0.1, 0.15) is 37.4 Å². The summed E-state index contributed by atoms with van der Waals surface area (Å²) in [6.07, 6.45) is 0.255. The standard InChI is InChI=1S/C24H28O5/c1-17(2)23(25)27-14-13-26-20-9-5-18(6-10-20)24(3,4)19-7-11-21(12-8-19)28-15-22-16-29-22/h5-12,22H,1,13-16H2,2-4H3. The van der Waals surface area contributed by atoms with Gasteiger partial charge in [-0.1, -0.05) is 44.7 Å². The van der Waals surface area contributed by atoms with Crippen LogP contribution in [0.5, 0.6) is 11.5 Å². The van der Waals surface area contributed by atoms with Crippen molar-refractivity contribution >= 4 is 5.97 Å². The van der Waals surface area contributed by atoms with Gasteiger partial charge in [0, 0.05) is 11.0 Å². The van der Waals surface area contributed by atoms with Gasteiger partial charge >= 0.3 is 5.97 Å². The summed E-state index contributed by atoms with van der Waals surface area (Å²) in [4.78, 5) is 11.3. The van der Waals surface area contributed by atoms with Crippen molar-refractivity contribution < 1.29 is 23.7 Å². The van der Waals surface area contributed by atoms with E-state index in [1.54, 1.807) is 6.92 Å². The van der Waals surface area contributed by atoms with E-state index in [-0.39, 0.29) is 18.1 Å². The second kappa shape index (κ2) is 9.14. The van der Waals surface area contributed by atoms with Crippen molar-refractivity contribution in [3.05, 3.63) is 71.8 Å². The first-order chi connectivity index (χ1) is 13.9. The maximum Gasteiger partial charge on any atom is 0.333 e. The smallest absolute Gasteiger partial charge is 0.333 e. The summed E-state index contributed by atoms with van der Waals surface area (Å²) in [6.45, 7) is 11.4. The van der Waals surface area contributed by atoms with E-state index >= 15 is 0 Å². The maximum absolute atomic E-state index is 11.3. The number of esters is 1. The molecule has 0 spiro atoms. The maximum atomic E-state index is 11.3. The number of carbonyl (C=O) groups excluding carboxylic acids is 1. The molecule has 0 radical (unpaired) electrons. The third-order valence-electron chi connectivity index (χ3n) is 4.92. The Morgan fingerprint density at radius 2 is 1.52 bits per heavy atom. The summed E-state index contributed by atoms with van der Waals surface area (Å²) in [5.41, 5.74) is 2.60. The molecule has 1 fully saturated rings. The number of epoxide rings is 1. The lowest BCUT2D eigenvalue weighted by molar-refractivity contribution is -0.139. The molecule has 1 atom stereocenters. The van der Waals surface area contributed by atoms with Crippen LogP contribution in [-0.2, 0) is 19.7 Å². The van der Waals surface area contributed by atoms with E-state index in [2.05, 4.69) is 44.7 Å². The fourth-order valence-corrected chi connectivity index (χ4v) is 2.87. The zero-order chi connectivity index (χ0) is 20.9. The molecule has 2 aromatic carbocycles. The first kappa shape index (κ1) is 20.9. The Labute approximate surface area is 172 Å². The van der Waals surface area contributed by atoms with Crippen LogP contribution in [0.15, 0.2) is 60.7 Å². The molecule has 1 aliphatic rings. The Hall–Kier alpha value is -2.79. The molecule has 1 saturated heterocycles. The molecule has 154 valence electrons. The van der Waals surface area contributed by atoms with E-state index in [1.165, 1.54) is 11.1 Å². The van der Waals surface area contributed by atoms with E-state index in [0.29, 0.717) is 18.8 Å². The highest BCUT2D eigenvalue weighted by Crippen LogP contribution is 2.33. The zero-order valence-electron chi connectivity index (χ0n) is 17.3. The Morgan fingerprint density at radius 3 is 2.00 bits per heavy atom. The lowest BCUT2D eigenvalue weighted by Crippen LogP contribution is -2.19. The van der Waals surface area contributed by atoms with Crippen LogP contribution in [0.1, 0.15) is 31.9 Å². The van der Waals surface area contributed by atoms with Crippen molar-refractivity contribution in [3.8, 4) is 11.5 Å². The topological polar surface area (TPSA) is 57.3 Å². The average molecular weight is 396 g/mol. The Kier molecular flexibility index (Phi) is 6.60. The van der Waals surface area contributed by atoms with E-state index in [9.17, 15) is 4.79 Å². The second-order valence-electron chi connectivity index (χ2n) is 7.70. The third kappa shape index (κ3) is 5.84. The Morgan fingerprint density at radius 1 is 1.00 bits per heavy atom. The van der Waals surface area contributed by atoms with Crippen LogP contribution >= 0.6 is 0 Å². The normalized spacial score (nSPS) is 15.5. The Balaban J connectivity index is 1.54. The monoisotopic (exact) mass is 396 g/mol. The van der Waals surface area contributed by atoms with Gasteiger partial charge in [-0.05, 0) is 42.3 Å². The van der Waals surface area contributed by atoms with Gasteiger partial charge in [-0.2, -0.15) is 0 Å². The molecule has 1 heterocycles. The van der Waals surface area contributed by atoms with Gasteiger partial charge in [0.25, 0.3) is 0 Å². The quantitative estimate of drug-likeness (QED) is 0.260. The molecular weight excluding hydrogens is 368 g/mol. The fraction of sp³-hybridized carbons (Fsp3) is 0.375. The minimum atomic E-state index is -0.400. The van der Waals surface area contributed by atoms with E-state index in [4.69, 9.17) is 18.9 Å². The summed E-state index contributed by atoms with van der Waals surface area (Å²) in [7, 11) is 0. The van der Waals surface area contributed by atoms with Crippen molar-refractivity contribution in [2.75, 3.05) is 26.4 Å². The van der Waals surface area contributed by atoms with Crippen LogP contribution in [-0.4, -0.2) is 38.5 Å². The summed E-state index contributed by atoms with van der Waals surface area (Å²) in [5, 5.41) is 0. The van der Waals surface area contributed by atoms with Gasteiger partial charge in [-0.15, -0.1) is 0 Å². The van der Waals surface area contributed by atoms with E-state index in [0.717, 1.165) is 18.1 Å². The molecule has 0 N–H and O–H groups in total. The molecule has 2 aromatic rings. The van der Waals surface area contributed by atoms with E-state index in [1.807, 2.05) is 24.3 Å². The molecule has 1 unspecified atom stereocenters. The minimum absolute atomic E-state index is 0.159. The highest BCUT2D eigenvalue weighted by molar-refractivity contribution is 5.86. The Bertz CT molecular complexity index is 833. The molecule has 5 heteroatoms. The van der Waals surface area contributed by atoms with Crippen molar-refractivity contribution in [1.82, 2.24) is 0 Å². The van der Waals surface area contributed by atoms with Gasteiger partial charge < -0.3 is 18.9 Å². The van der Waals surface area contributed by atoms with Crippen LogP contribution in [0.25, 0.3) is 0 Å². The van der Waals surface area contributed by atoms with Gasteiger partial charge in [0.15, 0.2) is 0 Å². The summed E-state index contributed by atoms with van der Waals surface area (Å²) in [6, 6.07) is 16.2. The molecule has 29 heavy (non-hydrogen) atoms. The predicted octanol–water partition coefficient (Wildman–Crippen LogP) is 4.29. The van der Waals surface area contributed by atoms with Crippen molar-refractivity contribution in [3.63, 3.8) is 0 Å². The van der Waals surface area contributed by atoms with Gasteiger partial charge in [0.05, 0.1) is 6.61 Å². The fourth-order valence-electron chi connectivity index (χ4n) is 2.87. The highest BCUT2D eigenvalue weighted by atomic mass is 16.6. The number of hydrogen-bond donors (Lipinski definition) is 0. The molecule has 1 aliphatic heterocycles. The minimum Gasteiger partial charge on any atom is -0.491 e. The number of ether oxygens (including phenoxy) is 4. The lowest BCUT2D eigenvalue weighted by Gasteiger charge is -2.26. The summed E-state index contributed by atoms with van der Waals surface area (Å²) >= 11 is 0. The highest BCUT2D eigenvalue weighted by Gasteiger charge is 2.24. The molecule has 0 aromatic heterocycles. The SMILES string of the molecule is C=C(C)C(=O)OCCOc1ccc(C(C)(C)c2ccc(OCC3CO3)cc2)cc1. The van der Waals surface area contributed by atoms with Crippen LogP contribution in [0.2, 0.25) is 0 Å². The second-order valence-corrected chi connectivity index (χ2v) is 7.70. The van der Waals surface area contributed by atoms with Crippen LogP contribution in [0.4, 0.5) is 0 Å². The molecule has 0 amide bonds. The number of hydrogen-bond acceptors (Lipinski definition) is 5. The molecule has 3 rings (SSSR count). The molecule has 0 aliphatic carbocycles. The van der Waals surface area contributed by atoms with Gasteiger partial charge in [-0.25, -0.2) is 4.79 Å². The van der Waals surface area contributed by atoms with Gasteiger partial charge in [0.2, 0.25) is 0 Å². The summed E-state index contributed by atoms with van der Waals surface area (Å²) < 4.78 is 21.5. The third-order valence-corrected chi connectivity index (χ3v) is 4.92. The average Bonchev–Trinajstić information content (AvgIpc) is 3.54.